The number of amides is 2. The van der Waals surface area contributed by atoms with Crippen molar-refractivity contribution in [2.24, 2.45) is 11.3 Å². The van der Waals surface area contributed by atoms with Gasteiger partial charge in [0.15, 0.2) is 6.61 Å². The van der Waals surface area contributed by atoms with Crippen LogP contribution in [0.4, 0.5) is 0 Å². The van der Waals surface area contributed by atoms with Crippen LogP contribution in [-0.4, -0.2) is 29.5 Å². The standard InChI is InChI=1S/C19H23ClN2O3/c1-17(2)7-14(17)16(24)22-19-9-18(10-19,11-19)21-15(23)8-25-13-5-3-12(20)4-6-13/h3-6,14H,7-11H2,1-2H3,(H,21,23)(H,22,24). The fourth-order valence-corrected chi connectivity index (χ4v) is 4.45. The molecule has 4 saturated carbocycles. The van der Waals surface area contributed by atoms with Crippen LogP contribution in [0.5, 0.6) is 5.75 Å². The smallest absolute Gasteiger partial charge is 0.258 e. The van der Waals surface area contributed by atoms with Gasteiger partial charge in [0.2, 0.25) is 5.91 Å². The summed E-state index contributed by atoms with van der Waals surface area (Å²) in [4.78, 5) is 24.3. The molecule has 0 spiro atoms. The largest absolute Gasteiger partial charge is 0.484 e. The van der Waals surface area contributed by atoms with E-state index < -0.39 is 0 Å². The molecule has 4 aliphatic rings. The molecule has 1 aromatic carbocycles. The maximum Gasteiger partial charge on any atom is 0.258 e. The predicted molar refractivity (Wildman–Crippen MR) is 94.4 cm³/mol. The number of halogens is 1. The number of hydrogen-bond donors (Lipinski definition) is 2. The van der Waals surface area contributed by atoms with Crippen molar-refractivity contribution in [3.05, 3.63) is 29.3 Å². The summed E-state index contributed by atoms with van der Waals surface area (Å²) >= 11 is 5.82. The van der Waals surface area contributed by atoms with Crippen molar-refractivity contribution in [2.75, 3.05) is 6.61 Å². The summed E-state index contributed by atoms with van der Waals surface area (Å²) in [7, 11) is 0. The Morgan fingerprint density at radius 2 is 1.68 bits per heavy atom. The van der Waals surface area contributed by atoms with Crippen molar-refractivity contribution in [1.29, 1.82) is 0 Å². The van der Waals surface area contributed by atoms with Gasteiger partial charge in [-0.15, -0.1) is 0 Å². The number of rotatable bonds is 6. The quantitative estimate of drug-likeness (QED) is 0.817. The molecule has 2 amide bonds. The zero-order valence-corrected chi connectivity index (χ0v) is 15.3. The van der Waals surface area contributed by atoms with E-state index in [2.05, 4.69) is 24.5 Å². The first kappa shape index (κ1) is 16.7. The summed E-state index contributed by atoms with van der Waals surface area (Å²) in [6.07, 6.45) is 3.45. The van der Waals surface area contributed by atoms with Crippen molar-refractivity contribution in [3.8, 4) is 5.75 Å². The van der Waals surface area contributed by atoms with Crippen LogP contribution in [0.3, 0.4) is 0 Å². The Bertz CT molecular complexity index is 709. The Labute approximate surface area is 152 Å². The molecule has 1 aromatic rings. The molecule has 1 atom stereocenters. The first-order chi connectivity index (χ1) is 11.7. The van der Waals surface area contributed by atoms with E-state index in [9.17, 15) is 9.59 Å². The molecular formula is C19H23ClN2O3. The molecule has 0 aromatic heterocycles. The van der Waals surface area contributed by atoms with Gasteiger partial charge < -0.3 is 15.4 Å². The number of carbonyl (C=O) groups is 2. The van der Waals surface area contributed by atoms with E-state index in [4.69, 9.17) is 16.3 Å². The lowest BCUT2D eigenvalue weighted by Crippen LogP contribution is -2.84. The van der Waals surface area contributed by atoms with Crippen LogP contribution < -0.4 is 15.4 Å². The van der Waals surface area contributed by atoms with Gasteiger partial charge in [-0.25, -0.2) is 0 Å². The average molecular weight is 363 g/mol. The lowest BCUT2D eigenvalue weighted by molar-refractivity contribution is -0.151. The van der Waals surface area contributed by atoms with E-state index in [-0.39, 0.29) is 40.8 Å². The Morgan fingerprint density at radius 3 is 2.24 bits per heavy atom. The summed E-state index contributed by atoms with van der Waals surface area (Å²) < 4.78 is 5.47. The minimum absolute atomic E-state index is 0.0149. The normalized spacial score (nSPS) is 33.5. The van der Waals surface area contributed by atoms with Crippen LogP contribution in [0.2, 0.25) is 5.02 Å². The van der Waals surface area contributed by atoms with Gasteiger partial charge >= 0.3 is 0 Å². The van der Waals surface area contributed by atoms with Crippen LogP contribution in [0.25, 0.3) is 0 Å². The highest BCUT2D eigenvalue weighted by Gasteiger charge is 2.70. The van der Waals surface area contributed by atoms with Gasteiger partial charge in [-0.1, -0.05) is 25.4 Å². The summed E-state index contributed by atoms with van der Waals surface area (Å²) in [6.45, 7) is 4.24. The molecular weight excluding hydrogens is 340 g/mol. The summed E-state index contributed by atoms with van der Waals surface area (Å²) in [5.41, 5.74) is -0.0780. The van der Waals surface area contributed by atoms with Gasteiger partial charge in [0, 0.05) is 22.0 Å². The van der Waals surface area contributed by atoms with Gasteiger partial charge in [0.1, 0.15) is 5.75 Å². The maximum absolute atomic E-state index is 12.2. The molecule has 25 heavy (non-hydrogen) atoms. The highest BCUT2D eigenvalue weighted by atomic mass is 35.5. The number of hydrogen-bond acceptors (Lipinski definition) is 3. The Hall–Kier alpha value is -1.75. The average Bonchev–Trinajstić information content (AvgIpc) is 3.12. The van der Waals surface area contributed by atoms with E-state index in [1.165, 1.54) is 0 Å². The summed E-state index contributed by atoms with van der Waals surface area (Å²) in [5.74, 6) is 0.821. The second-order valence-corrected chi connectivity index (χ2v) is 9.05. The van der Waals surface area contributed by atoms with Crippen LogP contribution >= 0.6 is 11.6 Å². The van der Waals surface area contributed by atoms with Gasteiger partial charge in [-0.05, 0) is 55.4 Å². The number of carbonyl (C=O) groups excluding carboxylic acids is 2. The van der Waals surface area contributed by atoms with Crippen molar-refractivity contribution < 1.29 is 14.3 Å². The molecule has 1 unspecified atom stereocenters. The number of benzene rings is 1. The van der Waals surface area contributed by atoms with Crippen molar-refractivity contribution >= 4 is 23.4 Å². The summed E-state index contributed by atoms with van der Waals surface area (Å²) in [6, 6.07) is 6.92. The molecule has 5 rings (SSSR count). The Morgan fingerprint density at radius 1 is 1.12 bits per heavy atom. The van der Waals surface area contributed by atoms with E-state index in [0.29, 0.717) is 10.8 Å². The van der Waals surface area contributed by atoms with Crippen molar-refractivity contribution in [3.63, 3.8) is 0 Å². The van der Waals surface area contributed by atoms with Crippen LogP contribution in [0, 0.1) is 11.3 Å². The van der Waals surface area contributed by atoms with Crippen molar-refractivity contribution in [2.45, 2.75) is 50.6 Å². The topological polar surface area (TPSA) is 67.4 Å². The van der Waals surface area contributed by atoms with Gasteiger partial charge in [0.25, 0.3) is 5.91 Å². The van der Waals surface area contributed by atoms with Crippen molar-refractivity contribution in [1.82, 2.24) is 10.6 Å². The molecule has 2 N–H and O–H groups in total. The highest BCUT2D eigenvalue weighted by Crippen LogP contribution is 2.61. The molecule has 4 aliphatic carbocycles. The number of nitrogens with one attached hydrogen (secondary N) is 2. The molecule has 2 bridgehead atoms. The minimum atomic E-state index is -0.146. The lowest BCUT2D eigenvalue weighted by Gasteiger charge is -2.70. The van der Waals surface area contributed by atoms with E-state index in [1.807, 2.05) is 0 Å². The van der Waals surface area contributed by atoms with Crippen LogP contribution in [0.15, 0.2) is 24.3 Å². The SMILES string of the molecule is CC1(C)CC1C(=O)NC12CC(NC(=O)COc3ccc(Cl)cc3)(C1)C2. The predicted octanol–water partition coefficient (Wildman–Crippen LogP) is 2.67. The Balaban J connectivity index is 1.20. The third-order valence-electron chi connectivity index (χ3n) is 5.84. The Kier molecular flexibility index (Phi) is 3.59. The molecule has 6 heteroatoms. The second kappa shape index (κ2) is 5.37. The van der Waals surface area contributed by atoms with E-state index >= 15 is 0 Å². The van der Waals surface area contributed by atoms with E-state index in [1.54, 1.807) is 24.3 Å². The minimum Gasteiger partial charge on any atom is -0.484 e. The monoisotopic (exact) mass is 362 g/mol. The molecule has 0 saturated heterocycles. The second-order valence-electron chi connectivity index (χ2n) is 8.62. The maximum atomic E-state index is 12.2. The van der Waals surface area contributed by atoms with Gasteiger partial charge in [-0.3, -0.25) is 9.59 Å². The third kappa shape index (κ3) is 3.10. The molecule has 5 nitrogen and oxygen atoms in total. The van der Waals surface area contributed by atoms with Gasteiger partial charge in [-0.2, -0.15) is 0 Å². The fraction of sp³-hybridized carbons (Fsp3) is 0.579. The molecule has 0 aliphatic heterocycles. The molecule has 4 fully saturated rings. The third-order valence-corrected chi connectivity index (χ3v) is 6.09. The fourth-order valence-electron chi connectivity index (χ4n) is 4.33. The molecule has 134 valence electrons. The summed E-state index contributed by atoms with van der Waals surface area (Å²) in [5, 5.41) is 6.89. The number of ether oxygens (including phenoxy) is 1. The lowest BCUT2D eigenvalue weighted by atomic mass is 9.44. The molecule has 0 heterocycles. The molecule has 0 radical (unpaired) electrons. The van der Waals surface area contributed by atoms with Crippen LogP contribution in [0.1, 0.15) is 39.5 Å². The zero-order chi connectivity index (χ0) is 17.9. The first-order valence-corrected chi connectivity index (χ1v) is 9.10. The first-order valence-electron chi connectivity index (χ1n) is 8.73. The van der Waals surface area contributed by atoms with E-state index in [0.717, 1.165) is 25.7 Å². The van der Waals surface area contributed by atoms with Crippen LogP contribution in [-0.2, 0) is 9.59 Å². The van der Waals surface area contributed by atoms with Gasteiger partial charge in [0.05, 0.1) is 0 Å². The zero-order valence-electron chi connectivity index (χ0n) is 14.5. The highest BCUT2D eigenvalue weighted by molar-refractivity contribution is 6.30.